The fourth-order valence-electron chi connectivity index (χ4n) is 1.58. The maximum atomic E-state index is 11.3. The van der Waals surface area contributed by atoms with Crippen molar-refractivity contribution in [2.45, 2.75) is 33.1 Å². The highest BCUT2D eigenvalue weighted by molar-refractivity contribution is 5.74. The molecular formula is C10H20N2O. The van der Waals surface area contributed by atoms with E-state index in [0.29, 0.717) is 0 Å². The Hall–Kier alpha value is -0.730. The molecule has 0 bridgehead atoms. The van der Waals surface area contributed by atoms with Gasteiger partial charge in [0.1, 0.15) is 0 Å². The van der Waals surface area contributed by atoms with Gasteiger partial charge in [-0.05, 0) is 25.2 Å². The summed E-state index contributed by atoms with van der Waals surface area (Å²) in [5, 5.41) is 2.86. The van der Waals surface area contributed by atoms with E-state index >= 15 is 0 Å². The molecular weight excluding hydrogens is 164 g/mol. The largest absolute Gasteiger partial charge is 0.338 e. The van der Waals surface area contributed by atoms with Gasteiger partial charge in [0.15, 0.2) is 0 Å². The van der Waals surface area contributed by atoms with E-state index in [1.54, 1.807) is 0 Å². The summed E-state index contributed by atoms with van der Waals surface area (Å²) >= 11 is 0. The van der Waals surface area contributed by atoms with Crippen LogP contribution in [0.3, 0.4) is 0 Å². The Bertz CT molecular complexity index is 168. The van der Waals surface area contributed by atoms with Gasteiger partial charge in [0.25, 0.3) is 0 Å². The first-order chi connectivity index (χ1) is 6.20. The zero-order valence-electron chi connectivity index (χ0n) is 8.68. The van der Waals surface area contributed by atoms with Crippen LogP contribution in [0.15, 0.2) is 0 Å². The fraction of sp³-hybridized carbons (Fsp3) is 0.900. The summed E-state index contributed by atoms with van der Waals surface area (Å²) in [5.74, 6) is 0.743. The molecule has 1 aliphatic rings. The Morgan fingerprint density at radius 1 is 1.54 bits per heavy atom. The molecule has 3 heteroatoms. The molecule has 0 aromatic rings. The van der Waals surface area contributed by atoms with E-state index in [0.717, 1.165) is 38.4 Å². The number of carbonyl (C=O) groups is 1. The van der Waals surface area contributed by atoms with E-state index in [4.69, 9.17) is 0 Å². The lowest BCUT2D eigenvalue weighted by atomic mass is 10.1. The van der Waals surface area contributed by atoms with E-state index in [1.165, 1.54) is 6.42 Å². The minimum atomic E-state index is 0.120. The van der Waals surface area contributed by atoms with Crippen LogP contribution >= 0.6 is 0 Å². The second-order valence-corrected chi connectivity index (χ2v) is 4.11. The SMILES string of the molecule is CC(C)CCCN1CCCNC1=O. The van der Waals surface area contributed by atoms with Crippen molar-refractivity contribution in [3.63, 3.8) is 0 Å². The van der Waals surface area contributed by atoms with Gasteiger partial charge < -0.3 is 10.2 Å². The van der Waals surface area contributed by atoms with Crippen LogP contribution in [0.25, 0.3) is 0 Å². The molecule has 1 aliphatic heterocycles. The van der Waals surface area contributed by atoms with Gasteiger partial charge in [-0.2, -0.15) is 0 Å². The number of urea groups is 1. The van der Waals surface area contributed by atoms with Gasteiger partial charge in [0, 0.05) is 19.6 Å². The van der Waals surface area contributed by atoms with Crippen LogP contribution < -0.4 is 5.32 Å². The quantitative estimate of drug-likeness (QED) is 0.710. The summed E-state index contributed by atoms with van der Waals surface area (Å²) in [5.41, 5.74) is 0. The summed E-state index contributed by atoms with van der Waals surface area (Å²) in [6.07, 6.45) is 3.43. The average Bonchev–Trinajstić information content (AvgIpc) is 2.08. The topological polar surface area (TPSA) is 32.3 Å². The van der Waals surface area contributed by atoms with Crippen molar-refractivity contribution < 1.29 is 4.79 Å². The number of rotatable bonds is 4. The molecule has 76 valence electrons. The molecule has 1 heterocycles. The molecule has 1 N–H and O–H groups in total. The molecule has 0 atom stereocenters. The first-order valence-corrected chi connectivity index (χ1v) is 5.23. The van der Waals surface area contributed by atoms with E-state index in [9.17, 15) is 4.79 Å². The molecule has 0 saturated carbocycles. The Kier molecular flexibility index (Phi) is 4.06. The van der Waals surface area contributed by atoms with E-state index in [-0.39, 0.29) is 6.03 Å². The van der Waals surface area contributed by atoms with Gasteiger partial charge >= 0.3 is 6.03 Å². The van der Waals surface area contributed by atoms with Crippen molar-refractivity contribution in [2.75, 3.05) is 19.6 Å². The standard InChI is InChI=1S/C10H20N2O/c1-9(2)5-3-7-12-8-4-6-11-10(12)13/h9H,3-8H2,1-2H3,(H,11,13). The van der Waals surface area contributed by atoms with Crippen LogP contribution in [0.2, 0.25) is 0 Å². The second-order valence-electron chi connectivity index (χ2n) is 4.11. The minimum Gasteiger partial charge on any atom is -0.338 e. The number of nitrogens with one attached hydrogen (secondary N) is 1. The van der Waals surface area contributed by atoms with Crippen molar-refractivity contribution in [3.8, 4) is 0 Å². The van der Waals surface area contributed by atoms with Gasteiger partial charge in [-0.25, -0.2) is 4.79 Å². The third kappa shape index (κ3) is 3.66. The van der Waals surface area contributed by atoms with E-state index in [2.05, 4.69) is 19.2 Å². The van der Waals surface area contributed by atoms with Crippen LogP contribution in [-0.4, -0.2) is 30.6 Å². The Morgan fingerprint density at radius 2 is 2.31 bits per heavy atom. The number of hydrogen-bond donors (Lipinski definition) is 1. The van der Waals surface area contributed by atoms with E-state index in [1.807, 2.05) is 4.90 Å². The second kappa shape index (κ2) is 5.10. The van der Waals surface area contributed by atoms with Crippen molar-refractivity contribution >= 4 is 6.03 Å². The van der Waals surface area contributed by atoms with Crippen molar-refractivity contribution in [2.24, 2.45) is 5.92 Å². The minimum absolute atomic E-state index is 0.120. The number of carbonyl (C=O) groups excluding carboxylic acids is 1. The van der Waals surface area contributed by atoms with Crippen LogP contribution in [0.4, 0.5) is 4.79 Å². The van der Waals surface area contributed by atoms with Gasteiger partial charge in [-0.15, -0.1) is 0 Å². The first-order valence-electron chi connectivity index (χ1n) is 5.23. The smallest absolute Gasteiger partial charge is 0.317 e. The third-order valence-electron chi connectivity index (χ3n) is 2.38. The zero-order chi connectivity index (χ0) is 9.68. The maximum Gasteiger partial charge on any atom is 0.317 e. The molecule has 1 fully saturated rings. The van der Waals surface area contributed by atoms with Gasteiger partial charge in [0.05, 0.1) is 0 Å². The van der Waals surface area contributed by atoms with Crippen LogP contribution in [0, 0.1) is 5.92 Å². The molecule has 0 radical (unpaired) electrons. The maximum absolute atomic E-state index is 11.3. The summed E-state index contributed by atoms with van der Waals surface area (Å²) < 4.78 is 0. The summed E-state index contributed by atoms with van der Waals surface area (Å²) in [4.78, 5) is 13.2. The predicted molar refractivity (Wildman–Crippen MR) is 53.7 cm³/mol. The first kappa shape index (κ1) is 10.4. The highest BCUT2D eigenvalue weighted by Gasteiger charge is 2.16. The molecule has 0 aromatic heterocycles. The normalized spacial score (nSPS) is 17.8. The summed E-state index contributed by atoms with van der Waals surface area (Å²) in [7, 11) is 0. The molecule has 0 aliphatic carbocycles. The summed E-state index contributed by atoms with van der Waals surface area (Å²) in [6, 6.07) is 0.120. The third-order valence-corrected chi connectivity index (χ3v) is 2.38. The monoisotopic (exact) mass is 184 g/mol. The Balaban J connectivity index is 2.15. The highest BCUT2D eigenvalue weighted by Crippen LogP contribution is 2.06. The molecule has 3 nitrogen and oxygen atoms in total. The van der Waals surface area contributed by atoms with Gasteiger partial charge in [0.2, 0.25) is 0 Å². The number of nitrogens with zero attached hydrogens (tertiary/aromatic N) is 1. The number of amides is 2. The van der Waals surface area contributed by atoms with Crippen molar-refractivity contribution in [3.05, 3.63) is 0 Å². The lowest BCUT2D eigenvalue weighted by Crippen LogP contribution is -2.46. The average molecular weight is 184 g/mol. The van der Waals surface area contributed by atoms with Crippen LogP contribution in [0.5, 0.6) is 0 Å². The highest BCUT2D eigenvalue weighted by atomic mass is 16.2. The van der Waals surface area contributed by atoms with Gasteiger partial charge in [-0.1, -0.05) is 13.8 Å². The molecule has 0 unspecified atom stereocenters. The molecule has 2 amide bonds. The van der Waals surface area contributed by atoms with Crippen molar-refractivity contribution in [1.82, 2.24) is 10.2 Å². The predicted octanol–water partition coefficient (Wildman–Crippen LogP) is 1.84. The lowest BCUT2D eigenvalue weighted by Gasteiger charge is -2.27. The molecule has 0 spiro atoms. The Labute approximate surface area is 80.5 Å². The van der Waals surface area contributed by atoms with Gasteiger partial charge in [-0.3, -0.25) is 0 Å². The molecule has 13 heavy (non-hydrogen) atoms. The van der Waals surface area contributed by atoms with Crippen LogP contribution in [-0.2, 0) is 0 Å². The van der Waals surface area contributed by atoms with E-state index < -0.39 is 0 Å². The fourth-order valence-corrected chi connectivity index (χ4v) is 1.58. The Morgan fingerprint density at radius 3 is 2.92 bits per heavy atom. The lowest BCUT2D eigenvalue weighted by molar-refractivity contribution is 0.184. The van der Waals surface area contributed by atoms with Crippen LogP contribution in [0.1, 0.15) is 33.1 Å². The zero-order valence-corrected chi connectivity index (χ0v) is 8.68. The molecule has 1 saturated heterocycles. The molecule has 0 aromatic carbocycles. The summed E-state index contributed by atoms with van der Waals surface area (Å²) in [6.45, 7) is 7.14. The van der Waals surface area contributed by atoms with Crippen molar-refractivity contribution in [1.29, 1.82) is 0 Å². The molecule has 1 rings (SSSR count). The number of hydrogen-bond acceptors (Lipinski definition) is 1.